The fourth-order valence-corrected chi connectivity index (χ4v) is 2.97. The van der Waals surface area contributed by atoms with Crippen molar-refractivity contribution in [2.24, 2.45) is 11.7 Å². The van der Waals surface area contributed by atoms with Crippen LogP contribution in [0, 0.1) is 5.92 Å². The normalized spacial score (nSPS) is 10.3. The van der Waals surface area contributed by atoms with Gasteiger partial charge in [0.25, 0.3) is 0 Å². The molecule has 0 fully saturated rings. The van der Waals surface area contributed by atoms with Crippen LogP contribution in [0.5, 0.6) is 0 Å². The van der Waals surface area contributed by atoms with E-state index in [-0.39, 0.29) is 6.15 Å². The molecule has 0 unspecified atom stereocenters. The molecule has 0 aromatic carbocycles. The van der Waals surface area contributed by atoms with Crippen molar-refractivity contribution in [3.63, 3.8) is 0 Å². The van der Waals surface area contributed by atoms with Gasteiger partial charge in [-0.1, -0.05) is 20.8 Å². The third kappa shape index (κ3) is 12.1. The molecule has 0 aliphatic carbocycles. The highest BCUT2D eigenvalue weighted by atomic mass is 28.4. The van der Waals surface area contributed by atoms with Crippen LogP contribution in [0.15, 0.2) is 0 Å². The van der Waals surface area contributed by atoms with E-state index >= 15 is 0 Å². The molecule has 0 amide bonds. The highest BCUT2D eigenvalue weighted by Gasteiger charge is 2.29. The molecule has 14 heavy (non-hydrogen) atoms. The van der Waals surface area contributed by atoms with Crippen molar-refractivity contribution in [3.8, 4) is 0 Å². The Morgan fingerprint density at radius 3 is 1.57 bits per heavy atom. The fourth-order valence-electron chi connectivity index (χ4n) is 0.992. The van der Waals surface area contributed by atoms with Gasteiger partial charge in [0.05, 0.1) is 0 Å². The van der Waals surface area contributed by atoms with Crippen molar-refractivity contribution in [1.29, 1.82) is 0 Å². The van der Waals surface area contributed by atoms with E-state index in [1.807, 2.05) is 6.92 Å². The molecular weight excluding hydrogens is 196 g/mol. The molecule has 0 saturated carbocycles. The molecule has 0 saturated heterocycles. The summed E-state index contributed by atoms with van der Waals surface area (Å²) in [5, 5.41) is 0. The summed E-state index contributed by atoms with van der Waals surface area (Å²) in [4.78, 5) is 0. The van der Waals surface area contributed by atoms with Crippen molar-refractivity contribution < 1.29 is 8.85 Å². The number of rotatable bonds is 4. The molecule has 0 rings (SSSR count). The maximum absolute atomic E-state index is 5.31. The van der Waals surface area contributed by atoms with Gasteiger partial charge in [-0.05, 0) is 25.1 Å². The Balaban J connectivity index is -0.000000267. The van der Waals surface area contributed by atoms with Crippen molar-refractivity contribution in [2.45, 2.75) is 33.4 Å². The van der Waals surface area contributed by atoms with Crippen LogP contribution in [-0.4, -0.2) is 29.3 Å². The minimum atomic E-state index is -1.76. The standard InChI is InChI=1S/C7H18O2Si.C2H7N.H3N/c1-7(2)6-10(5,8-3)9-4;1-2-3;/h7H,6H2,1-5H3;2-3H2,1H3;1H3. The lowest BCUT2D eigenvalue weighted by molar-refractivity contribution is 0.244. The Labute approximate surface area is 90.0 Å². The van der Waals surface area contributed by atoms with Crippen LogP contribution in [0.25, 0.3) is 0 Å². The van der Waals surface area contributed by atoms with Gasteiger partial charge in [-0.3, -0.25) is 0 Å². The van der Waals surface area contributed by atoms with Crippen molar-refractivity contribution in [3.05, 3.63) is 0 Å². The summed E-state index contributed by atoms with van der Waals surface area (Å²) in [6, 6.07) is 1.07. The molecule has 0 heterocycles. The topological polar surface area (TPSA) is 79.5 Å². The number of hydrogen-bond acceptors (Lipinski definition) is 4. The first-order valence-electron chi connectivity index (χ1n) is 4.76. The lowest BCUT2D eigenvalue weighted by atomic mass is 10.3. The van der Waals surface area contributed by atoms with Gasteiger partial charge in [0, 0.05) is 14.2 Å². The lowest BCUT2D eigenvalue weighted by Gasteiger charge is -2.24. The van der Waals surface area contributed by atoms with Gasteiger partial charge in [0.1, 0.15) is 0 Å². The van der Waals surface area contributed by atoms with E-state index in [2.05, 4.69) is 20.4 Å². The van der Waals surface area contributed by atoms with E-state index in [4.69, 9.17) is 14.6 Å². The second kappa shape index (κ2) is 11.1. The molecule has 0 aliphatic rings. The molecule has 4 nitrogen and oxygen atoms in total. The van der Waals surface area contributed by atoms with E-state index in [0.717, 1.165) is 12.6 Å². The third-order valence-electron chi connectivity index (χ3n) is 1.64. The highest BCUT2D eigenvalue weighted by Crippen LogP contribution is 2.16. The minimum Gasteiger partial charge on any atom is -0.398 e. The van der Waals surface area contributed by atoms with Gasteiger partial charge >= 0.3 is 8.56 Å². The number of hydrogen-bond donors (Lipinski definition) is 2. The average Bonchev–Trinajstić information content (AvgIpc) is 2.05. The second-order valence-corrected chi connectivity index (χ2v) is 7.04. The second-order valence-electron chi connectivity index (χ2n) is 3.55. The average molecular weight is 224 g/mol. The quantitative estimate of drug-likeness (QED) is 0.717. The Hall–Kier alpha value is 0.0569. The summed E-state index contributed by atoms with van der Waals surface area (Å²) in [7, 11) is 1.71. The van der Waals surface area contributed by atoms with Crippen LogP contribution in [0.3, 0.4) is 0 Å². The first-order chi connectivity index (χ1) is 5.95. The number of nitrogens with two attached hydrogens (primary N) is 1. The maximum Gasteiger partial charge on any atom is 0.334 e. The van der Waals surface area contributed by atoms with Crippen molar-refractivity contribution in [2.75, 3.05) is 20.8 Å². The summed E-state index contributed by atoms with van der Waals surface area (Å²) in [5.74, 6) is 0.663. The van der Waals surface area contributed by atoms with Gasteiger partial charge in [0.2, 0.25) is 0 Å². The summed E-state index contributed by atoms with van der Waals surface area (Å²) in [6.07, 6.45) is 0. The Morgan fingerprint density at radius 2 is 1.50 bits per heavy atom. The Kier molecular flexibility index (Phi) is 15.6. The monoisotopic (exact) mass is 224 g/mol. The van der Waals surface area contributed by atoms with E-state index in [1.165, 1.54) is 0 Å². The van der Waals surface area contributed by atoms with Crippen molar-refractivity contribution in [1.82, 2.24) is 6.15 Å². The van der Waals surface area contributed by atoms with Crippen LogP contribution in [0.2, 0.25) is 12.6 Å². The van der Waals surface area contributed by atoms with Gasteiger partial charge < -0.3 is 20.7 Å². The van der Waals surface area contributed by atoms with Crippen LogP contribution in [0.4, 0.5) is 0 Å². The smallest absolute Gasteiger partial charge is 0.334 e. The highest BCUT2D eigenvalue weighted by molar-refractivity contribution is 6.65. The zero-order chi connectivity index (χ0) is 10.9. The predicted octanol–water partition coefficient (Wildman–Crippen LogP) is 2.13. The van der Waals surface area contributed by atoms with Gasteiger partial charge in [-0.2, -0.15) is 0 Å². The van der Waals surface area contributed by atoms with Crippen LogP contribution < -0.4 is 11.9 Å². The Bertz CT molecular complexity index is 109. The molecule has 0 bridgehead atoms. The van der Waals surface area contributed by atoms with Crippen LogP contribution >= 0.6 is 0 Å². The predicted molar refractivity (Wildman–Crippen MR) is 65.0 cm³/mol. The third-order valence-corrected chi connectivity index (χ3v) is 4.93. The molecule has 5 heteroatoms. The molecule has 0 aromatic rings. The van der Waals surface area contributed by atoms with E-state index < -0.39 is 8.56 Å². The van der Waals surface area contributed by atoms with Crippen LogP contribution in [0.1, 0.15) is 20.8 Å². The molecule has 0 aromatic heterocycles. The van der Waals surface area contributed by atoms with Crippen LogP contribution in [-0.2, 0) is 8.85 Å². The summed E-state index contributed by atoms with van der Waals surface area (Å²) in [5.41, 5.74) is 4.85. The van der Waals surface area contributed by atoms with Gasteiger partial charge in [-0.15, -0.1) is 0 Å². The lowest BCUT2D eigenvalue weighted by Crippen LogP contribution is -2.37. The van der Waals surface area contributed by atoms with Crippen molar-refractivity contribution >= 4 is 8.56 Å². The largest absolute Gasteiger partial charge is 0.398 e. The minimum absolute atomic E-state index is 0. The molecule has 0 atom stereocenters. The SMILES string of the molecule is CCN.CO[Si](C)(CC(C)C)OC.N. The summed E-state index contributed by atoms with van der Waals surface area (Å²) < 4.78 is 10.6. The van der Waals surface area contributed by atoms with Gasteiger partial charge in [-0.25, -0.2) is 0 Å². The Morgan fingerprint density at radius 1 is 1.21 bits per heavy atom. The fraction of sp³-hybridized carbons (Fsp3) is 1.00. The molecule has 5 N–H and O–H groups in total. The van der Waals surface area contributed by atoms with E-state index in [0.29, 0.717) is 5.92 Å². The van der Waals surface area contributed by atoms with Gasteiger partial charge in [0.15, 0.2) is 0 Å². The maximum atomic E-state index is 5.31. The van der Waals surface area contributed by atoms with E-state index in [1.54, 1.807) is 14.2 Å². The zero-order valence-corrected chi connectivity index (χ0v) is 11.6. The molecular formula is C9H28N2O2Si. The van der Waals surface area contributed by atoms with E-state index in [9.17, 15) is 0 Å². The summed E-state index contributed by atoms with van der Waals surface area (Å²) >= 11 is 0. The zero-order valence-electron chi connectivity index (χ0n) is 10.6. The molecule has 90 valence electrons. The first-order valence-corrected chi connectivity index (χ1v) is 7.28. The molecule has 0 aliphatic heterocycles. The molecule has 0 radical (unpaired) electrons. The first kappa shape index (κ1) is 19.6. The molecule has 0 spiro atoms. The summed E-state index contributed by atoms with van der Waals surface area (Å²) in [6.45, 7) is 9.11.